The van der Waals surface area contributed by atoms with E-state index < -0.39 is 0 Å². The van der Waals surface area contributed by atoms with Gasteiger partial charge >= 0.3 is 0 Å². The van der Waals surface area contributed by atoms with E-state index in [1.165, 1.54) is 18.4 Å². The van der Waals surface area contributed by atoms with E-state index >= 15 is 0 Å². The average molecular weight is 395 g/mol. The predicted molar refractivity (Wildman–Crippen MR) is 114 cm³/mol. The molecule has 3 saturated carbocycles. The maximum absolute atomic E-state index is 13.1. The number of allylic oxidation sites excluding steroid dienone is 2. The molecule has 4 aliphatic carbocycles. The van der Waals surface area contributed by atoms with Crippen molar-refractivity contribution in [3.8, 4) is 0 Å². The highest BCUT2D eigenvalue weighted by Crippen LogP contribution is 2.66. The van der Waals surface area contributed by atoms with Gasteiger partial charge in [0.1, 0.15) is 5.76 Å². The third-order valence-electron chi connectivity index (χ3n) is 9.38. The molecule has 0 bridgehead atoms. The van der Waals surface area contributed by atoms with Crippen LogP contribution < -0.4 is 0 Å². The second-order valence-corrected chi connectivity index (χ2v) is 10.6. The van der Waals surface area contributed by atoms with E-state index in [9.17, 15) is 9.90 Å². The third-order valence-corrected chi connectivity index (χ3v) is 9.38. The highest BCUT2D eigenvalue weighted by Gasteiger charge is 2.59. The lowest BCUT2D eigenvalue weighted by molar-refractivity contribution is -0.124. The Kier molecular flexibility index (Phi) is 4.66. The number of hydrogen-bond donors (Lipinski definition) is 1. The summed E-state index contributed by atoms with van der Waals surface area (Å²) in [4.78, 5) is 13.1. The molecule has 4 aliphatic rings. The molecule has 0 saturated heterocycles. The molecule has 0 aliphatic heterocycles. The third kappa shape index (κ3) is 3.00. The molecular weight excluding hydrogens is 360 g/mol. The number of rotatable bonds is 3. The molecule has 1 aromatic rings. The largest absolute Gasteiger partial charge is 0.465 e. The van der Waals surface area contributed by atoms with Crippen LogP contribution in [0.3, 0.4) is 0 Å². The molecule has 0 amide bonds. The van der Waals surface area contributed by atoms with E-state index in [-0.39, 0.29) is 28.6 Å². The number of hydrogen-bond acceptors (Lipinski definition) is 3. The Bertz CT molecular complexity index is 834. The van der Waals surface area contributed by atoms with Crippen LogP contribution >= 0.6 is 0 Å². The summed E-state index contributed by atoms with van der Waals surface area (Å²) in [6.07, 6.45) is 16.2. The lowest BCUT2D eigenvalue weighted by Crippen LogP contribution is -2.50. The molecule has 5 rings (SSSR count). The fraction of sp³-hybridized carbons (Fsp3) is 0.654. The monoisotopic (exact) mass is 394 g/mol. The quantitative estimate of drug-likeness (QED) is 0.520. The normalized spacial score (nSPS) is 44.1. The Morgan fingerprint density at radius 3 is 2.83 bits per heavy atom. The first-order valence-corrected chi connectivity index (χ1v) is 11.5. The first-order valence-electron chi connectivity index (χ1n) is 11.5. The number of fused-ring (bicyclic) bond motifs is 5. The van der Waals surface area contributed by atoms with E-state index in [4.69, 9.17) is 4.42 Å². The van der Waals surface area contributed by atoms with Crippen molar-refractivity contribution in [1.82, 2.24) is 0 Å². The molecule has 1 heterocycles. The van der Waals surface area contributed by atoms with E-state index in [1.807, 2.05) is 18.2 Å². The smallest absolute Gasteiger partial charge is 0.159 e. The van der Waals surface area contributed by atoms with Crippen LogP contribution in [0.15, 0.2) is 40.5 Å². The van der Waals surface area contributed by atoms with Gasteiger partial charge in [-0.05, 0) is 104 Å². The molecule has 0 aromatic carbocycles. The van der Waals surface area contributed by atoms with E-state index in [2.05, 4.69) is 19.9 Å². The van der Waals surface area contributed by atoms with Crippen molar-refractivity contribution in [1.29, 1.82) is 0 Å². The van der Waals surface area contributed by atoms with Crippen molar-refractivity contribution in [2.24, 2.45) is 34.5 Å². The van der Waals surface area contributed by atoms with Crippen molar-refractivity contribution >= 4 is 11.9 Å². The summed E-state index contributed by atoms with van der Waals surface area (Å²) in [5.74, 6) is 3.24. The second-order valence-electron chi connectivity index (χ2n) is 10.6. The second kappa shape index (κ2) is 6.97. The molecule has 3 heteroatoms. The minimum atomic E-state index is -0.144. The van der Waals surface area contributed by atoms with Crippen LogP contribution in [0.5, 0.6) is 0 Å². The highest BCUT2D eigenvalue weighted by molar-refractivity contribution is 5.95. The Hall–Kier alpha value is -1.61. The maximum Gasteiger partial charge on any atom is 0.159 e. The average Bonchev–Trinajstić information content (AvgIpc) is 3.34. The topological polar surface area (TPSA) is 50.4 Å². The minimum Gasteiger partial charge on any atom is -0.465 e. The van der Waals surface area contributed by atoms with Crippen molar-refractivity contribution in [2.45, 2.75) is 71.3 Å². The number of ketones is 1. The SMILES string of the molecule is C[C@]12CC[C@H]3[C@@H](CC=C4C[C@@H](O)CC[C@@]43C)[C@@H]1CC[C@@H]2C(=O)/C=C/c1ccco1. The van der Waals surface area contributed by atoms with E-state index in [0.29, 0.717) is 11.8 Å². The Labute approximate surface area is 174 Å². The first kappa shape index (κ1) is 19.4. The van der Waals surface area contributed by atoms with E-state index in [1.54, 1.807) is 12.3 Å². The van der Waals surface area contributed by atoms with Crippen molar-refractivity contribution in [3.63, 3.8) is 0 Å². The van der Waals surface area contributed by atoms with Gasteiger partial charge in [-0.3, -0.25) is 4.79 Å². The van der Waals surface area contributed by atoms with Crippen molar-refractivity contribution < 1.29 is 14.3 Å². The molecule has 3 nitrogen and oxygen atoms in total. The Morgan fingerprint density at radius 2 is 2.03 bits per heavy atom. The van der Waals surface area contributed by atoms with Gasteiger partial charge in [0.15, 0.2) is 5.78 Å². The fourth-order valence-corrected chi connectivity index (χ4v) is 7.78. The van der Waals surface area contributed by atoms with Crippen molar-refractivity contribution in [3.05, 3.63) is 41.9 Å². The number of carbonyl (C=O) groups excluding carboxylic acids is 1. The van der Waals surface area contributed by atoms with Crippen LogP contribution in [0.1, 0.15) is 71.0 Å². The predicted octanol–water partition coefficient (Wildman–Crippen LogP) is 5.80. The zero-order valence-electron chi connectivity index (χ0n) is 17.8. The minimum absolute atomic E-state index is 0.127. The van der Waals surface area contributed by atoms with Crippen LogP contribution in [0.2, 0.25) is 0 Å². The Balaban J connectivity index is 1.37. The molecule has 29 heavy (non-hydrogen) atoms. The van der Waals surface area contributed by atoms with Gasteiger partial charge < -0.3 is 9.52 Å². The summed E-state index contributed by atoms with van der Waals surface area (Å²) in [6, 6.07) is 3.75. The molecule has 0 spiro atoms. The van der Waals surface area contributed by atoms with Gasteiger partial charge in [-0.2, -0.15) is 0 Å². The van der Waals surface area contributed by atoms with Gasteiger partial charge in [-0.1, -0.05) is 25.5 Å². The molecule has 1 aromatic heterocycles. The summed E-state index contributed by atoms with van der Waals surface area (Å²) in [5, 5.41) is 10.2. The van der Waals surface area contributed by atoms with Gasteiger partial charge in [-0.25, -0.2) is 0 Å². The summed E-state index contributed by atoms with van der Waals surface area (Å²) in [5.41, 5.74) is 1.92. The lowest BCUT2D eigenvalue weighted by Gasteiger charge is -2.57. The molecule has 156 valence electrons. The summed E-state index contributed by atoms with van der Waals surface area (Å²) >= 11 is 0. The molecule has 0 radical (unpaired) electrons. The molecular formula is C26H34O3. The highest BCUT2D eigenvalue weighted by atomic mass is 16.3. The van der Waals surface area contributed by atoms with Gasteiger partial charge in [0.2, 0.25) is 0 Å². The van der Waals surface area contributed by atoms with Gasteiger partial charge in [0.05, 0.1) is 12.4 Å². The van der Waals surface area contributed by atoms with E-state index in [0.717, 1.165) is 50.2 Å². The number of carbonyl (C=O) groups is 1. The first-order chi connectivity index (χ1) is 13.9. The zero-order chi connectivity index (χ0) is 20.2. The van der Waals surface area contributed by atoms with Gasteiger partial charge in [0, 0.05) is 5.92 Å². The molecule has 0 unspecified atom stereocenters. The summed E-state index contributed by atoms with van der Waals surface area (Å²) in [7, 11) is 0. The zero-order valence-corrected chi connectivity index (χ0v) is 17.8. The standard InChI is InChI=1S/C26H34O3/c1-25-13-11-18(27)16-17(25)5-7-20-21-8-9-23(26(21,2)14-12-22(20)25)24(28)10-6-19-4-3-15-29-19/h3-6,10,15,18,20-23,27H,7-9,11-14,16H2,1-2H3/b10-6+/t18-,20-,21-,22-,23+,25-,26-/m0/s1. The van der Waals surface area contributed by atoms with Crippen LogP contribution in [-0.4, -0.2) is 17.0 Å². The van der Waals surface area contributed by atoms with Gasteiger partial charge in [0.25, 0.3) is 0 Å². The van der Waals surface area contributed by atoms with Crippen LogP contribution in [0.4, 0.5) is 0 Å². The van der Waals surface area contributed by atoms with Crippen LogP contribution in [0, 0.1) is 34.5 Å². The summed E-state index contributed by atoms with van der Waals surface area (Å²) < 4.78 is 5.35. The fourth-order valence-electron chi connectivity index (χ4n) is 7.78. The molecule has 1 N–H and O–H groups in total. The number of aliphatic hydroxyl groups is 1. The number of furan rings is 1. The van der Waals surface area contributed by atoms with Crippen LogP contribution in [-0.2, 0) is 4.79 Å². The van der Waals surface area contributed by atoms with Crippen LogP contribution in [0.25, 0.3) is 6.08 Å². The molecule has 3 fully saturated rings. The van der Waals surface area contributed by atoms with Crippen molar-refractivity contribution in [2.75, 3.05) is 0 Å². The maximum atomic E-state index is 13.1. The Morgan fingerprint density at radius 1 is 1.17 bits per heavy atom. The lowest BCUT2D eigenvalue weighted by atomic mass is 9.47. The van der Waals surface area contributed by atoms with Gasteiger partial charge in [-0.15, -0.1) is 0 Å². The summed E-state index contributed by atoms with van der Waals surface area (Å²) in [6.45, 7) is 4.87. The molecule has 7 atom stereocenters. The number of aliphatic hydroxyl groups excluding tert-OH is 1.